The number of piperazine rings is 1. The van der Waals surface area contributed by atoms with Crippen molar-refractivity contribution in [2.75, 3.05) is 44.2 Å². The second kappa shape index (κ2) is 9.34. The zero-order valence-electron chi connectivity index (χ0n) is 18.5. The van der Waals surface area contributed by atoms with Crippen LogP contribution in [0.5, 0.6) is 0 Å². The molecule has 0 unspecified atom stereocenters. The number of nitrogens with zero attached hydrogens (tertiary/aromatic N) is 3. The number of benzene rings is 2. The highest BCUT2D eigenvalue weighted by molar-refractivity contribution is 7.89. The van der Waals surface area contributed by atoms with Crippen LogP contribution >= 0.6 is 11.6 Å². The van der Waals surface area contributed by atoms with Crippen molar-refractivity contribution >= 4 is 27.3 Å². The van der Waals surface area contributed by atoms with Crippen LogP contribution in [0.3, 0.4) is 0 Å². The van der Waals surface area contributed by atoms with Crippen LogP contribution in [0.25, 0.3) is 0 Å². The van der Waals surface area contributed by atoms with E-state index in [1.807, 2.05) is 0 Å². The number of hydrogen-bond acceptors (Lipinski definition) is 4. The lowest BCUT2D eigenvalue weighted by atomic mass is 10.0. The third kappa shape index (κ3) is 4.56. The zero-order valence-corrected chi connectivity index (χ0v) is 20.1. The summed E-state index contributed by atoms with van der Waals surface area (Å²) in [6, 6.07) is 14.1. The Bertz CT molecular complexity index is 1040. The molecule has 0 atom stereocenters. The van der Waals surface area contributed by atoms with Gasteiger partial charge in [-0.1, -0.05) is 30.5 Å². The molecule has 0 radical (unpaired) electrons. The fourth-order valence-electron chi connectivity index (χ4n) is 5.50. The summed E-state index contributed by atoms with van der Waals surface area (Å²) in [6.45, 7) is 4.75. The lowest BCUT2D eigenvalue weighted by Crippen LogP contribution is -2.48. The molecule has 0 bridgehead atoms. The van der Waals surface area contributed by atoms with Crippen molar-refractivity contribution in [3.63, 3.8) is 0 Å². The maximum atomic E-state index is 13.0. The Morgan fingerprint density at radius 3 is 2.12 bits per heavy atom. The summed E-state index contributed by atoms with van der Waals surface area (Å²) in [6.07, 6.45) is 7.76. The lowest BCUT2D eigenvalue weighted by molar-refractivity contribution is 0.208. The van der Waals surface area contributed by atoms with Crippen molar-refractivity contribution in [3.05, 3.63) is 58.6 Å². The Hall–Kier alpha value is -1.60. The summed E-state index contributed by atoms with van der Waals surface area (Å²) in [5, 5.41) is 0.545. The van der Waals surface area contributed by atoms with E-state index in [0.717, 1.165) is 25.4 Å². The smallest absolute Gasteiger partial charge is 0.243 e. The highest BCUT2D eigenvalue weighted by atomic mass is 35.5. The van der Waals surface area contributed by atoms with Gasteiger partial charge in [0.1, 0.15) is 0 Å². The van der Waals surface area contributed by atoms with Gasteiger partial charge in [0.25, 0.3) is 0 Å². The number of anilines is 1. The topological polar surface area (TPSA) is 43.9 Å². The van der Waals surface area contributed by atoms with E-state index in [9.17, 15) is 8.42 Å². The van der Waals surface area contributed by atoms with Crippen LogP contribution < -0.4 is 4.90 Å². The van der Waals surface area contributed by atoms with E-state index in [-0.39, 0.29) is 0 Å². The summed E-state index contributed by atoms with van der Waals surface area (Å²) in [7, 11) is -3.48. The molecule has 2 aromatic rings. The Kier molecular flexibility index (Phi) is 6.48. The standard InChI is InChI=1S/C25H32ClN3O2S/c26-22-6-9-25(10-7-22)32(30,31)29-17-15-28(16-18-29)24-8-5-20-11-13-27(14-12-21(20)19-24)23-3-1-2-4-23/h5-10,19,23H,1-4,11-18H2. The van der Waals surface area contributed by atoms with Gasteiger partial charge in [-0.25, -0.2) is 8.42 Å². The van der Waals surface area contributed by atoms with Crippen LogP contribution in [0.1, 0.15) is 36.8 Å². The first-order valence-electron chi connectivity index (χ1n) is 11.9. The second-order valence-electron chi connectivity index (χ2n) is 9.27. The number of sulfonamides is 1. The van der Waals surface area contributed by atoms with Crippen LogP contribution in [0.4, 0.5) is 5.69 Å². The molecule has 32 heavy (non-hydrogen) atoms. The van der Waals surface area contributed by atoms with E-state index in [1.165, 1.54) is 49.0 Å². The summed E-state index contributed by atoms with van der Waals surface area (Å²) in [4.78, 5) is 5.35. The largest absolute Gasteiger partial charge is 0.369 e. The first-order chi connectivity index (χ1) is 15.5. The minimum absolute atomic E-state index is 0.312. The zero-order chi connectivity index (χ0) is 22.1. The van der Waals surface area contributed by atoms with Crippen LogP contribution in [0.15, 0.2) is 47.4 Å². The first-order valence-corrected chi connectivity index (χ1v) is 13.7. The molecule has 5 rings (SSSR count). The van der Waals surface area contributed by atoms with Crippen molar-refractivity contribution in [3.8, 4) is 0 Å². The fourth-order valence-corrected chi connectivity index (χ4v) is 7.05. The van der Waals surface area contributed by atoms with Gasteiger partial charge in [-0.3, -0.25) is 4.90 Å². The predicted octanol–water partition coefficient (Wildman–Crippen LogP) is 4.19. The van der Waals surface area contributed by atoms with Crippen molar-refractivity contribution in [1.82, 2.24) is 9.21 Å². The average Bonchev–Trinajstić information content (AvgIpc) is 3.26. The number of halogens is 1. The molecule has 2 aromatic carbocycles. The van der Waals surface area contributed by atoms with Gasteiger partial charge in [-0.2, -0.15) is 4.31 Å². The van der Waals surface area contributed by atoms with Crippen LogP contribution in [0.2, 0.25) is 5.02 Å². The highest BCUT2D eigenvalue weighted by Crippen LogP contribution is 2.29. The molecule has 3 aliphatic rings. The fraction of sp³-hybridized carbons (Fsp3) is 0.520. The molecule has 1 saturated heterocycles. The quantitative estimate of drug-likeness (QED) is 0.667. The number of fused-ring (bicyclic) bond motifs is 1. The van der Waals surface area contributed by atoms with E-state index >= 15 is 0 Å². The highest BCUT2D eigenvalue weighted by Gasteiger charge is 2.29. The molecule has 2 fully saturated rings. The molecule has 2 aliphatic heterocycles. The Labute approximate surface area is 197 Å². The molecule has 7 heteroatoms. The number of rotatable bonds is 4. The van der Waals surface area contributed by atoms with Crippen LogP contribution in [-0.2, 0) is 22.9 Å². The lowest BCUT2D eigenvalue weighted by Gasteiger charge is -2.35. The van der Waals surface area contributed by atoms with Crippen molar-refractivity contribution in [1.29, 1.82) is 0 Å². The van der Waals surface area contributed by atoms with Gasteiger partial charge in [-0.15, -0.1) is 0 Å². The van der Waals surface area contributed by atoms with Gasteiger partial charge >= 0.3 is 0 Å². The van der Waals surface area contributed by atoms with Gasteiger partial charge in [0, 0.05) is 56.0 Å². The third-order valence-electron chi connectivity index (χ3n) is 7.42. The summed E-state index contributed by atoms with van der Waals surface area (Å²) in [5.41, 5.74) is 4.18. The Morgan fingerprint density at radius 2 is 1.44 bits per heavy atom. The normalized spacial score (nSPS) is 21.5. The van der Waals surface area contributed by atoms with Crippen molar-refractivity contribution in [2.24, 2.45) is 0 Å². The van der Waals surface area contributed by atoms with E-state index in [0.29, 0.717) is 36.1 Å². The molecule has 1 aliphatic carbocycles. The molecular formula is C25H32ClN3O2S. The van der Waals surface area contributed by atoms with E-state index < -0.39 is 10.0 Å². The minimum Gasteiger partial charge on any atom is -0.369 e. The summed E-state index contributed by atoms with van der Waals surface area (Å²) >= 11 is 5.92. The second-order valence-corrected chi connectivity index (χ2v) is 11.6. The van der Waals surface area contributed by atoms with E-state index in [1.54, 1.807) is 28.6 Å². The van der Waals surface area contributed by atoms with Gasteiger partial charge in [0.05, 0.1) is 4.90 Å². The van der Waals surface area contributed by atoms with E-state index in [2.05, 4.69) is 28.0 Å². The van der Waals surface area contributed by atoms with Gasteiger partial charge in [0.15, 0.2) is 0 Å². The SMILES string of the molecule is O=S(=O)(c1ccc(Cl)cc1)N1CCN(c2ccc3c(c2)CCN(C2CCCC2)CC3)CC1. The van der Waals surface area contributed by atoms with Gasteiger partial charge in [0.2, 0.25) is 10.0 Å². The average molecular weight is 474 g/mol. The third-order valence-corrected chi connectivity index (χ3v) is 9.59. The molecule has 0 aromatic heterocycles. The predicted molar refractivity (Wildman–Crippen MR) is 130 cm³/mol. The monoisotopic (exact) mass is 473 g/mol. The van der Waals surface area contributed by atoms with E-state index in [4.69, 9.17) is 11.6 Å². The Morgan fingerprint density at radius 1 is 0.781 bits per heavy atom. The Balaban J connectivity index is 1.23. The van der Waals surface area contributed by atoms with Crippen molar-refractivity contribution in [2.45, 2.75) is 49.5 Å². The van der Waals surface area contributed by atoms with Crippen LogP contribution in [-0.4, -0.2) is 62.9 Å². The van der Waals surface area contributed by atoms with Crippen LogP contribution in [0, 0.1) is 0 Å². The summed E-state index contributed by atoms with van der Waals surface area (Å²) in [5.74, 6) is 0. The molecular weight excluding hydrogens is 442 g/mol. The van der Waals surface area contributed by atoms with Gasteiger partial charge in [-0.05, 0) is 73.2 Å². The van der Waals surface area contributed by atoms with Gasteiger partial charge < -0.3 is 4.90 Å². The molecule has 0 spiro atoms. The summed E-state index contributed by atoms with van der Waals surface area (Å²) < 4.78 is 27.5. The maximum absolute atomic E-state index is 13.0. The number of hydrogen-bond donors (Lipinski definition) is 0. The molecule has 0 amide bonds. The minimum atomic E-state index is -3.48. The molecule has 172 valence electrons. The molecule has 1 saturated carbocycles. The molecule has 2 heterocycles. The first kappa shape index (κ1) is 22.2. The maximum Gasteiger partial charge on any atom is 0.243 e. The molecule has 5 nitrogen and oxygen atoms in total. The molecule has 0 N–H and O–H groups in total. The van der Waals surface area contributed by atoms with Crippen molar-refractivity contribution < 1.29 is 8.42 Å².